The molecule has 0 aromatic rings. The molecule has 0 amide bonds. The SMILES string of the molecule is CC1OC(=O)C(C)OC1=O.COCCO.COCCOC(=O)C(C)OC(=O)OCC1(CO)CSSC1.O=C1OCC2(CO1)CSSC2. The van der Waals surface area contributed by atoms with Crippen LogP contribution in [0.2, 0.25) is 0 Å². The number of cyclic esters (lactones) is 4. The third-order valence-corrected chi connectivity index (χ3v) is 11.8. The van der Waals surface area contributed by atoms with Gasteiger partial charge in [-0.3, -0.25) is 0 Å². The first-order valence-electron chi connectivity index (χ1n) is 14.3. The van der Waals surface area contributed by atoms with Crippen LogP contribution in [0.4, 0.5) is 9.59 Å². The Balaban J connectivity index is 0.000000354. The molecule has 272 valence electrons. The third-order valence-electron chi connectivity index (χ3n) is 6.13. The van der Waals surface area contributed by atoms with Crippen LogP contribution >= 0.6 is 43.2 Å². The van der Waals surface area contributed by atoms with Gasteiger partial charge in [0.25, 0.3) is 0 Å². The molecule has 0 bridgehead atoms. The summed E-state index contributed by atoms with van der Waals surface area (Å²) in [7, 11) is 9.94. The van der Waals surface area contributed by atoms with Crippen molar-refractivity contribution in [1.82, 2.24) is 0 Å². The number of rotatable bonds is 10. The van der Waals surface area contributed by atoms with Crippen molar-refractivity contribution in [3.63, 3.8) is 0 Å². The molecule has 0 aromatic heterocycles. The number of aliphatic hydroxyl groups excluding tert-OH is 2. The van der Waals surface area contributed by atoms with Gasteiger partial charge < -0.3 is 52.8 Å². The van der Waals surface area contributed by atoms with Crippen LogP contribution in [0.1, 0.15) is 20.8 Å². The van der Waals surface area contributed by atoms with Gasteiger partial charge in [-0.25, -0.2) is 24.0 Å². The second-order valence-corrected chi connectivity index (χ2v) is 15.3. The Morgan fingerprint density at radius 2 is 1.34 bits per heavy atom. The summed E-state index contributed by atoms with van der Waals surface area (Å²) in [5.74, 6) is 1.86. The molecule has 4 fully saturated rings. The molecule has 4 aliphatic heterocycles. The summed E-state index contributed by atoms with van der Waals surface area (Å²) in [5, 5.41) is 17.3. The van der Waals surface area contributed by atoms with E-state index in [9.17, 15) is 29.1 Å². The van der Waals surface area contributed by atoms with Gasteiger partial charge in [0.2, 0.25) is 0 Å². The first-order valence-corrected chi connectivity index (χ1v) is 19.2. The maximum absolute atomic E-state index is 11.5. The number of carbonyl (C=O) groups excluding carboxylic acids is 5. The zero-order chi connectivity index (χ0) is 35.3. The average Bonchev–Trinajstić information content (AvgIpc) is 3.73. The quantitative estimate of drug-likeness (QED) is 0.142. The van der Waals surface area contributed by atoms with Crippen molar-refractivity contribution >= 4 is 73.4 Å². The molecule has 3 unspecified atom stereocenters. The van der Waals surface area contributed by atoms with E-state index in [1.54, 1.807) is 28.7 Å². The molecule has 4 rings (SSSR count). The van der Waals surface area contributed by atoms with E-state index in [2.05, 4.69) is 14.2 Å². The minimum absolute atomic E-state index is 0.0606. The Kier molecular flexibility index (Phi) is 21.6. The van der Waals surface area contributed by atoms with E-state index in [-0.39, 0.29) is 38.4 Å². The first kappa shape index (κ1) is 43.2. The molecule has 0 aliphatic carbocycles. The Morgan fingerprint density at radius 3 is 1.79 bits per heavy atom. The highest BCUT2D eigenvalue weighted by Crippen LogP contribution is 2.45. The lowest BCUT2D eigenvalue weighted by molar-refractivity contribution is -0.191. The molecule has 0 radical (unpaired) electrons. The largest absolute Gasteiger partial charge is 0.509 e. The number of ether oxygens (including phenoxy) is 9. The minimum Gasteiger partial charge on any atom is -0.461 e. The lowest BCUT2D eigenvalue weighted by Gasteiger charge is -2.29. The van der Waals surface area contributed by atoms with E-state index in [0.29, 0.717) is 31.3 Å². The molecule has 3 atom stereocenters. The highest BCUT2D eigenvalue weighted by Gasteiger charge is 2.41. The van der Waals surface area contributed by atoms with Gasteiger partial charge in [0.15, 0.2) is 18.3 Å². The van der Waals surface area contributed by atoms with Crippen LogP contribution in [0.25, 0.3) is 0 Å². The number of esters is 3. The number of aliphatic hydroxyl groups is 2. The maximum atomic E-state index is 11.5. The van der Waals surface area contributed by atoms with Gasteiger partial charge in [0, 0.05) is 42.6 Å². The molecule has 2 N–H and O–H groups in total. The molecule has 4 heterocycles. The van der Waals surface area contributed by atoms with Crippen LogP contribution < -0.4 is 0 Å². The van der Waals surface area contributed by atoms with E-state index in [0.717, 1.165) is 11.5 Å². The molecule has 1 spiro atoms. The van der Waals surface area contributed by atoms with Gasteiger partial charge >= 0.3 is 30.2 Å². The van der Waals surface area contributed by atoms with Crippen LogP contribution in [0.15, 0.2) is 0 Å². The number of carbonyl (C=O) groups is 5. The molecular weight excluding hydrogens is 709 g/mol. The number of hydrogen-bond acceptors (Lipinski definition) is 20. The fraction of sp³-hybridized carbons (Fsp3) is 0.815. The van der Waals surface area contributed by atoms with E-state index in [1.807, 2.05) is 21.6 Å². The Bertz CT molecular complexity index is 940. The first-order chi connectivity index (χ1) is 22.4. The third kappa shape index (κ3) is 16.9. The Morgan fingerprint density at radius 1 is 0.830 bits per heavy atom. The van der Waals surface area contributed by atoms with Crippen LogP contribution in [-0.4, -0.2) is 149 Å². The molecule has 20 heteroatoms. The highest BCUT2D eigenvalue weighted by atomic mass is 33.1. The van der Waals surface area contributed by atoms with Gasteiger partial charge in [-0.05, 0) is 20.8 Å². The molecule has 16 nitrogen and oxygen atoms in total. The van der Waals surface area contributed by atoms with Crippen molar-refractivity contribution in [3.05, 3.63) is 0 Å². The van der Waals surface area contributed by atoms with Gasteiger partial charge in [-0.15, -0.1) is 0 Å². The minimum atomic E-state index is -1.05. The smallest absolute Gasteiger partial charge is 0.461 e. The topological polar surface area (TPSA) is 209 Å². The van der Waals surface area contributed by atoms with Crippen LogP contribution in [0.3, 0.4) is 0 Å². The summed E-state index contributed by atoms with van der Waals surface area (Å²) >= 11 is 0. The summed E-state index contributed by atoms with van der Waals surface area (Å²) < 4.78 is 42.7. The summed E-state index contributed by atoms with van der Waals surface area (Å²) in [6.07, 6.45) is -4.00. The van der Waals surface area contributed by atoms with Crippen molar-refractivity contribution in [2.24, 2.45) is 10.8 Å². The normalized spacial score (nSPS) is 22.6. The van der Waals surface area contributed by atoms with Gasteiger partial charge in [0.1, 0.15) is 26.4 Å². The standard InChI is InChI=1S/C12H20O7S2.C6H8O4.C6H8O3S2.C3H8O2/c1-9(10(14)17-4-3-16-2)19-11(15)18-6-12(5-13)7-20-21-8-12;1-3-5(7)10-4(2)6(8)9-3;7-5-8-1-6(2-9-5)3-10-11-4-6;1-5-3-2-4/h9,13H,3-8H2,1-2H3;3-4H,1-2H3;1-4H2;4H,2-3H2,1H3. The van der Waals surface area contributed by atoms with Crippen molar-refractivity contribution in [2.75, 3.05) is 90.1 Å². The molecule has 4 saturated heterocycles. The van der Waals surface area contributed by atoms with Gasteiger partial charge in [-0.1, -0.05) is 43.2 Å². The zero-order valence-corrected chi connectivity index (χ0v) is 30.2. The van der Waals surface area contributed by atoms with Crippen LogP contribution in [-0.2, 0) is 57.0 Å². The number of hydrogen-bond donors (Lipinski definition) is 2. The van der Waals surface area contributed by atoms with E-state index < -0.39 is 53.9 Å². The zero-order valence-electron chi connectivity index (χ0n) is 27.0. The predicted octanol–water partition coefficient (Wildman–Crippen LogP) is 2.11. The summed E-state index contributed by atoms with van der Waals surface area (Å²) in [6.45, 7) is 6.37. The van der Waals surface area contributed by atoms with Crippen LogP contribution in [0.5, 0.6) is 0 Å². The molecule has 4 aliphatic rings. The summed E-state index contributed by atoms with van der Waals surface area (Å²) in [6, 6.07) is 0. The fourth-order valence-corrected chi connectivity index (χ4v) is 9.84. The van der Waals surface area contributed by atoms with Gasteiger partial charge in [-0.2, -0.15) is 0 Å². The van der Waals surface area contributed by atoms with Crippen molar-refractivity contribution in [1.29, 1.82) is 0 Å². The van der Waals surface area contributed by atoms with Crippen LogP contribution in [0, 0.1) is 10.8 Å². The molecule has 0 saturated carbocycles. The molecular formula is C27H44O16S4. The monoisotopic (exact) mass is 752 g/mol. The second-order valence-electron chi connectivity index (χ2n) is 10.4. The Labute approximate surface area is 289 Å². The number of methoxy groups -OCH3 is 2. The summed E-state index contributed by atoms with van der Waals surface area (Å²) in [5.41, 5.74) is -0.320. The van der Waals surface area contributed by atoms with Crippen molar-refractivity contribution < 1.29 is 76.8 Å². The van der Waals surface area contributed by atoms with E-state index >= 15 is 0 Å². The Hall–Kier alpha value is -1.81. The molecule has 0 aromatic carbocycles. The molecule has 47 heavy (non-hydrogen) atoms. The predicted molar refractivity (Wildman–Crippen MR) is 174 cm³/mol. The average molecular weight is 753 g/mol. The maximum Gasteiger partial charge on any atom is 0.509 e. The summed E-state index contributed by atoms with van der Waals surface area (Å²) in [4.78, 5) is 54.9. The lowest BCUT2D eigenvalue weighted by Crippen LogP contribution is -2.41. The highest BCUT2D eigenvalue weighted by molar-refractivity contribution is 8.77. The lowest BCUT2D eigenvalue weighted by atomic mass is 9.95. The second kappa shape index (κ2) is 23.5. The van der Waals surface area contributed by atoms with Crippen molar-refractivity contribution in [2.45, 2.75) is 39.1 Å². The van der Waals surface area contributed by atoms with E-state index in [4.69, 9.17) is 33.5 Å². The van der Waals surface area contributed by atoms with Crippen molar-refractivity contribution in [3.8, 4) is 0 Å². The van der Waals surface area contributed by atoms with Gasteiger partial charge in [0.05, 0.1) is 31.8 Å². The fourth-order valence-electron chi connectivity index (χ4n) is 3.15. The van der Waals surface area contributed by atoms with E-state index in [1.165, 1.54) is 27.9 Å².